The first-order valence-electron chi connectivity index (χ1n) is 19.3. The van der Waals surface area contributed by atoms with E-state index in [-0.39, 0.29) is 40.5 Å². The van der Waals surface area contributed by atoms with Crippen molar-refractivity contribution in [3.05, 3.63) is 72.6 Å². The Labute approximate surface area is 304 Å². The second-order valence-corrected chi connectivity index (χ2v) is 17.2. The number of hydrogen-bond acceptors (Lipinski definition) is 4. The molecule has 2 atom stereocenters. The van der Waals surface area contributed by atoms with E-state index in [0.29, 0.717) is 18.3 Å². The molecule has 0 bridgehead atoms. The summed E-state index contributed by atoms with van der Waals surface area (Å²) in [4.78, 5) is 43.1. The molecule has 8 heteroatoms. The van der Waals surface area contributed by atoms with Gasteiger partial charge in [0, 0.05) is 24.4 Å². The standard InChI is InChI=1S/C43H58N6O2/c1-42(2,3)34(25-37(50)46-32-13-9-7-10-14-32)39-44-26-35(48-39)30-21-17-28(18-22-30)29-19-23-31(24-20-29)36-27-45-40(49-36)38(43(4,5)6)41(51)47-33-15-11-8-12-16-33/h17-24,26-27,32-34,38H,7-16,25H2,1-6H3,(H,44,48)(H,45,49)(H,46,50)(H,47,51). The number of amides is 2. The molecule has 6 rings (SSSR count). The Kier molecular flexibility index (Phi) is 11.2. The van der Waals surface area contributed by atoms with E-state index in [1.54, 1.807) is 0 Å². The third-order valence-corrected chi connectivity index (χ3v) is 11.0. The Balaban J connectivity index is 1.11. The molecule has 2 aromatic heterocycles. The van der Waals surface area contributed by atoms with Crippen LogP contribution in [-0.4, -0.2) is 43.8 Å². The Hall–Kier alpha value is -4.20. The van der Waals surface area contributed by atoms with Crippen LogP contribution in [0.25, 0.3) is 33.6 Å². The smallest absolute Gasteiger partial charge is 0.231 e. The first-order chi connectivity index (χ1) is 24.3. The molecule has 2 heterocycles. The Bertz CT molecular complexity index is 1740. The molecule has 2 aromatic carbocycles. The van der Waals surface area contributed by atoms with Crippen molar-refractivity contribution in [2.24, 2.45) is 10.8 Å². The number of rotatable bonds is 10. The third kappa shape index (κ3) is 9.19. The van der Waals surface area contributed by atoms with Gasteiger partial charge < -0.3 is 20.6 Å². The van der Waals surface area contributed by atoms with Gasteiger partial charge >= 0.3 is 0 Å². The zero-order valence-electron chi connectivity index (χ0n) is 31.6. The minimum atomic E-state index is -0.359. The van der Waals surface area contributed by atoms with Gasteiger partial charge in [0.1, 0.15) is 17.6 Å². The van der Waals surface area contributed by atoms with Crippen LogP contribution in [0.5, 0.6) is 0 Å². The molecule has 51 heavy (non-hydrogen) atoms. The summed E-state index contributed by atoms with van der Waals surface area (Å²) in [5.74, 6) is 1.38. The molecule has 2 unspecified atom stereocenters. The van der Waals surface area contributed by atoms with E-state index in [1.165, 1.54) is 38.5 Å². The molecule has 2 saturated carbocycles. The second-order valence-electron chi connectivity index (χ2n) is 17.2. The molecule has 0 saturated heterocycles. The molecule has 0 spiro atoms. The van der Waals surface area contributed by atoms with E-state index in [2.05, 4.69) is 111 Å². The number of hydrogen-bond donors (Lipinski definition) is 4. The molecular weight excluding hydrogens is 633 g/mol. The molecule has 0 radical (unpaired) electrons. The number of nitrogens with zero attached hydrogens (tertiary/aromatic N) is 2. The summed E-state index contributed by atoms with van der Waals surface area (Å²) in [7, 11) is 0. The molecule has 0 aliphatic heterocycles. The second kappa shape index (κ2) is 15.6. The first-order valence-corrected chi connectivity index (χ1v) is 19.3. The maximum Gasteiger partial charge on any atom is 0.231 e. The van der Waals surface area contributed by atoms with Gasteiger partial charge in [-0.05, 0) is 58.8 Å². The zero-order chi connectivity index (χ0) is 36.2. The predicted octanol–water partition coefficient (Wildman–Crippen LogP) is 9.68. The summed E-state index contributed by atoms with van der Waals surface area (Å²) in [5.41, 5.74) is 5.78. The van der Waals surface area contributed by atoms with Crippen molar-refractivity contribution in [3.8, 4) is 33.6 Å². The highest BCUT2D eigenvalue weighted by atomic mass is 16.2. The molecule has 4 aromatic rings. The van der Waals surface area contributed by atoms with E-state index in [4.69, 9.17) is 9.97 Å². The van der Waals surface area contributed by atoms with Crippen molar-refractivity contribution in [2.75, 3.05) is 0 Å². The van der Waals surface area contributed by atoms with Crippen LogP contribution >= 0.6 is 0 Å². The monoisotopic (exact) mass is 690 g/mol. The Morgan fingerprint density at radius 3 is 1.53 bits per heavy atom. The Morgan fingerprint density at radius 1 is 0.627 bits per heavy atom. The van der Waals surface area contributed by atoms with Crippen LogP contribution in [-0.2, 0) is 9.59 Å². The molecular formula is C43H58N6O2. The van der Waals surface area contributed by atoms with Crippen LogP contribution in [0.2, 0.25) is 0 Å². The fraction of sp³-hybridized carbons (Fsp3) is 0.535. The summed E-state index contributed by atoms with van der Waals surface area (Å²) in [6.45, 7) is 12.9. The van der Waals surface area contributed by atoms with Gasteiger partial charge in [-0.2, -0.15) is 0 Å². The van der Waals surface area contributed by atoms with Crippen molar-refractivity contribution in [3.63, 3.8) is 0 Å². The normalized spacial score (nSPS) is 17.5. The number of carbonyl (C=O) groups is 2. The summed E-state index contributed by atoms with van der Waals surface area (Å²) in [5, 5.41) is 6.62. The highest BCUT2D eigenvalue weighted by Gasteiger charge is 2.36. The minimum absolute atomic E-state index is 0.0170. The Morgan fingerprint density at radius 2 is 1.06 bits per heavy atom. The molecule has 4 N–H and O–H groups in total. The van der Waals surface area contributed by atoms with Gasteiger partial charge in [-0.1, -0.05) is 129 Å². The number of imidazole rings is 2. The van der Waals surface area contributed by atoms with Crippen molar-refractivity contribution in [1.82, 2.24) is 30.6 Å². The lowest BCUT2D eigenvalue weighted by Gasteiger charge is -2.31. The van der Waals surface area contributed by atoms with Crippen LogP contribution in [0.3, 0.4) is 0 Å². The average molecular weight is 691 g/mol. The number of H-pyrrole nitrogens is 2. The van der Waals surface area contributed by atoms with Crippen molar-refractivity contribution in [2.45, 2.75) is 136 Å². The quantitative estimate of drug-likeness (QED) is 0.133. The fourth-order valence-electron chi connectivity index (χ4n) is 7.97. The lowest BCUT2D eigenvalue weighted by molar-refractivity contribution is -0.126. The van der Waals surface area contributed by atoms with Gasteiger partial charge in [0.05, 0.1) is 23.8 Å². The van der Waals surface area contributed by atoms with Crippen LogP contribution in [0.4, 0.5) is 0 Å². The van der Waals surface area contributed by atoms with Gasteiger partial charge in [0.15, 0.2) is 0 Å². The van der Waals surface area contributed by atoms with E-state index in [0.717, 1.165) is 65.1 Å². The maximum atomic E-state index is 13.5. The van der Waals surface area contributed by atoms with Crippen molar-refractivity contribution < 1.29 is 9.59 Å². The van der Waals surface area contributed by atoms with Crippen molar-refractivity contribution in [1.29, 1.82) is 0 Å². The van der Waals surface area contributed by atoms with Crippen LogP contribution in [0.1, 0.15) is 136 Å². The number of nitrogens with one attached hydrogen (secondary N) is 4. The van der Waals surface area contributed by atoms with E-state index in [9.17, 15) is 9.59 Å². The van der Waals surface area contributed by atoms with Gasteiger partial charge in [0.2, 0.25) is 11.8 Å². The number of carbonyl (C=O) groups excluding carboxylic acids is 2. The van der Waals surface area contributed by atoms with Crippen molar-refractivity contribution >= 4 is 11.8 Å². The lowest BCUT2D eigenvalue weighted by Crippen LogP contribution is -2.43. The fourth-order valence-corrected chi connectivity index (χ4v) is 7.97. The van der Waals surface area contributed by atoms with Gasteiger partial charge in [-0.3, -0.25) is 9.59 Å². The molecule has 8 nitrogen and oxygen atoms in total. The number of aromatic nitrogens is 4. The van der Waals surface area contributed by atoms with Crippen LogP contribution < -0.4 is 10.6 Å². The highest BCUT2D eigenvalue weighted by Crippen LogP contribution is 2.38. The van der Waals surface area contributed by atoms with E-state index < -0.39 is 0 Å². The summed E-state index contributed by atoms with van der Waals surface area (Å²) >= 11 is 0. The summed E-state index contributed by atoms with van der Waals surface area (Å²) < 4.78 is 0. The minimum Gasteiger partial charge on any atom is -0.353 e. The molecule has 2 aliphatic rings. The van der Waals surface area contributed by atoms with Crippen LogP contribution in [0, 0.1) is 10.8 Å². The maximum absolute atomic E-state index is 13.5. The largest absolute Gasteiger partial charge is 0.353 e. The highest BCUT2D eigenvalue weighted by molar-refractivity contribution is 5.84. The van der Waals surface area contributed by atoms with Gasteiger partial charge in [-0.25, -0.2) is 9.97 Å². The molecule has 2 fully saturated rings. The zero-order valence-corrected chi connectivity index (χ0v) is 31.6. The topological polar surface area (TPSA) is 116 Å². The van der Waals surface area contributed by atoms with E-state index >= 15 is 0 Å². The van der Waals surface area contributed by atoms with Crippen LogP contribution in [0.15, 0.2) is 60.9 Å². The summed E-state index contributed by atoms with van der Waals surface area (Å²) in [6, 6.07) is 17.5. The number of benzene rings is 2. The third-order valence-electron chi connectivity index (χ3n) is 11.0. The molecule has 272 valence electrons. The summed E-state index contributed by atoms with van der Waals surface area (Å²) in [6.07, 6.45) is 15.7. The SMILES string of the molecule is CC(C)(C)C(CC(=O)NC1CCCCC1)c1ncc(-c2ccc(-c3ccc(-c4cnc(C(C(=O)NC5CCCCC5)C(C)(C)C)[nH]4)cc3)cc2)[nH]1. The predicted molar refractivity (Wildman–Crippen MR) is 206 cm³/mol. The first kappa shape index (κ1) is 36.6. The van der Waals surface area contributed by atoms with Gasteiger partial charge in [-0.15, -0.1) is 0 Å². The average Bonchev–Trinajstić information content (AvgIpc) is 3.78. The molecule has 2 aliphatic carbocycles. The van der Waals surface area contributed by atoms with Gasteiger partial charge in [0.25, 0.3) is 0 Å². The molecule has 2 amide bonds. The van der Waals surface area contributed by atoms with E-state index in [1.807, 2.05) is 12.4 Å². The lowest BCUT2D eigenvalue weighted by atomic mass is 9.78. The number of aromatic amines is 2.